The smallest absolute Gasteiger partial charge is 0.239 e. The third kappa shape index (κ3) is 1.85. The molecule has 2 N–H and O–H groups in total. The van der Waals surface area contributed by atoms with Crippen molar-refractivity contribution < 1.29 is 0 Å². The Morgan fingerprint density at radius 1 is 1.33 bits per heavy atom. The first-order valence-electron chi connectivity index (χ1n) is 5.81. The molecule has 1 unspecified atom stereocenters. The molecular formula is C12H12Cl2N4. The summed E-state index contributed by atoms with van der Waals surface area (Å²) in [6.45, 7) is 0. The summed E-state index contributed by atoms with van der Waals surface area (Å²) in [5.74, 6) is 1.23. The maximum atomic E-state index is 6.28. The molecule has 1 aromatic heterocycles. The fourth-order valence-corrected chi connectivity index (χ4v) is 2.87. The number of nitrogens with two attached hydrogens (primary N) is 1. The van der Waals surface area contributed by atoms with E-state index >= 15 is 0 Å². The lowest BCUT2D eigenvalue weighted by molar-refractivity contribution is 0.413. The van der Waals surface area contributed by atoms with Gasteiger partial charge < -0.3 is 5.73 Å². The van der Waals surface area contributed by atoms with Gasteiger partial charge in [-0.05, 0) is 24.5 Å². The normalized spacial score (nSPS) is 18.7. The van der Waals surface area contributed by atoms with Crippen LogP contribution in [0.2, 0.25) is 10.0 Å². The summed E-state index contributed by atoms with van der Waals surface area (Å²) >= 11 is 12.3. The molecule has 4 nitrogen and oxygen atoms in total. The van der Waals surface area contributed by atoms with Crippen molar-refractivity contribution in [3.8, 4) is 0 Å². The molecule has 0 aliphatic carbocycles. The van der Waals surface area contributed by atoms with Crippen molar-refractivity contribution >= 4 is 29.2 Å². The van der Waals surface area contributed by atoms with Crippen molar-refractivity contribution in [2.24, 2.45) is 0 Å². The number of hydrogen-bond donors (Lipinski definition) is 1. The van der Waals surface area contributed by atoms with Gasteiger partial charge in [-0.1, -0.05) is 35.3 Å². The van der Waals surface area contributed by atoms with Gasteiger partial charge >= 0.3 is 0 Å². The second-order valence-electron chi connectivity index (χ2n) is 4.38. The zero-order valence-corrected chi connectivity index (χ0v) is 11.1. The number of rotatable bonds is 1. The van der Waals surface area contributed by atoms with Crippen molar-refractivity contribution in [3.05, 3.63) is 39.6 Å². The minimum atomic E-state index is 0.0738. The topological polar surface area (TPSA) is 56.7 Å². The van der Waals surface area contributed by atoms with Crippen LogP contribution < -0.4 is 5.73 Å². The molecule has 1 aliphatic heterocycles. The van der Waals surface area contributed by atoms with Crippen LogP contribution in [0.15, 0.2) is 18.2 Å². The van der Waals surface area contributed by atoms with Crippen LogP contribution in [0.5, 0.6) is 0 Å². The van der Waals surface area contributed by atoms with Gasteiger partial charge in [0.25, 0.3) is 0 Å². The first-order valence-corrected chi connectivity index (χ1v) is 6.57. The van der Waals surface area contributed by atoms with Crippen LogP contribution in [-0.2, 0) is 6.42 Å². The van der Waals surface area contributed by atoms with E-state index in [1.54, 1.807) is 6.07 Å². The van der Waals surface area contributed by atoms with Gasteiger partial charge in [0, 0.05) is 6.42 Å². The highest BCUT2D eigenvalue weighted by Crippen LogP contribution is 2.36. The molecule has 1 atom stereocenters. The second-order valence-corrected chi connectivity index (χ2v) is 5.17. The number of benzene rings is 1. The minimum Gasteiger partial charge on any atom is -0.366 e. The molecule has 0 fully saturated rings. The van der Waals surface area contributed by atoms with Crippen molar-refractivity contribution in [3.63, 3.8) is 0 Å². The molecule has 1 aromatic carbocycles. The average Bonchev–Trinajstić information content (AvgIpc) is 2.73. The molecule has 3 rings (SSSR count). The number of nitrogen functional groups attached to an aromatic ring is 1. The molecule has 6 heteroatoms. The van der Waals surface area contributed by atoms with E-state index in [4.69, 9.17) is 28.9 Å². The summed E-state index contributed by atoms with van der Waals surface area (Å²) in [4.78, 5) is 4.23. The zero-order chi connectivity index (χ0) is 12.7. The lowest BCUT2D eigenvalue weighted by Gasteiger charge is -2.24. The number of nitrogens with zero attached hydrogens (tertiary/aromatic N) is 3. The molecular weight excluding hydrogens is 271 g/mol. The Morgan fingerprint density at radius 3 is 3.00 bits per heavy atom. The molecule has 2 heterocycles. The Labute approximate surface area is 115 Å². The van der Waals surface area contributed by atoms with E-state index in [1.165, 1.54) is 0 Å². The minimum absolute atomic E-state index is 0.0738. The van der Waals surface area contributed by atoms with Crippen LogP contribution in [0.25, 0.3) is 0 Å². The molecule has 0 saturated carbocycles. The van der Waals surface area contributed by atoms with E-state index in [-0.39, 0.29) is 6.04 Å². The third-order valence-electron chi connectivity index (χ3n) is 3.23. The van der Waals surface area contributed by atoms with Crippen LogP contribution in [0, 0.1) is 0 Å². The standard InChI is InChI=1S/C12H12Cl2N4/c13-8-4-1-3-7(11(8)14)9-5-2-6-10-16-12(15)17-18(9)10/h1,3-4,9H,2,5-6H2,(H2,15,17). The van der Waals surface area contributed by atoms with Gasteiger partial charge in [0.15, 0.2) is 0 Å². The second kappa shape index (κ2) is 4.44. The molecule has 0 bridgehead atoms. The number of fused-ring (bicyclic) bond motifs is 1. The van der Waals surface area contributed by atoms with E-state index in [9.17, 15) is 0 Å². The maximum absolute atomic E-state index is 6.28. The highest BCUT2D eigenvalue weighted by molar-refractivity contribution is 6.42. The monoisotopic (exact) mass is 282 g/mol. The lowest BCUT2D eigenvalue weighted by Crippen LogP contribution is -2.20. The van der Waals surface area contributed by atoms with Gasteiger partial charge in [0.1, 0.15) is 5.82 Å². The van der Waals surface area contributed by atoms with E-state index in [2.05, 4.69) is 10.1 Å². The summed E-state index contributed by atoms with van der Waals surface area (Å²) in [6.07, 6.45) is 2.92. The molecule has 94 valence electrons. The van der Waals surface area contributed by atoms with Gasteiger partial charge in [0.2, 0.25) is 5.95 Å². The first kappa shape index (κ1) is 11.8. The van der Waals surface area contributed by atoms with Crippen molar-refractivity contribution in [1.29, 1.82) is 0 Å². The summed E-state index contributed by atoms with van der Waals surface area (Å²) < 4.78 is 1.87. The van der Waals surface area contributed by atoms with Crippen LogP contribution >= 0.6 is 23.2 Å². The van der Waals surface area contributed by atoms with Crippen molar-refractivity contribution in [1.82, 2.24) is 14.8 Å². The van der Waals surface area contributed by atoms with Gasteiger partial charge in [-0.3, -0.25) is 0 Å². The predicted molar refractivity (Wildman–Crippen MR) is 72.0 cm³/mol. The van der Waals surface area contributed by atoms with E-state index in [1.807, 2.05) is 16.8 Å². The summed E-state index contributed by atoms with van der Waals surface area (Å²) in [5, 5.41) is 5.41. The van der Waals surface area contributed by atoms with Crippen LogP contribution in [-0.4, -0.2) is 14.8 Å². The summed E-state index contributed by atoms with van der Waals surface area (Å²) in [5.41, 5.74) is 6.65. The predicted octanol–water partition coefficient (Wildman–Crippen LogP) is 3.09. The Morgan fingerprint density at radius 2 is 2.17 bits per heavy atom. The first-order chi connectivity index (χ1) is 8.66. The summed E-state index contributed by atoms with van der Waals surface area (Å²) in [6, 6.07) is 5.74. The van der Waals surface area contributed by atoms with Gasteiger partial charge in [-0.25, -0.2) is 4.68 Å². The van der Waals surface area contributed by atoms with E-state index in [0.29, 0.717) is 16.0 Å². The quantitative estimate of drug-likeness (QED) is 0.875. The van der Waals surface area contributed by atoms with E-state index in [0.717, 1.165) is 30.7 Å². The number of anilines is 1. The van der Waals surface area contributed by atoms with Gasteiger partial charge in [-0.15, -0.1) is 5.10 Å². The highest BCUT2D eigenvalue weighted by Gasteiger charge is 2.26. The Hall–Kier alpha value is -1.26. The molecule has 0 saturated heterocycles. The average molecular weight is 283 g/mol. The Balaban J connectivity index is 2.11. The largest absolute Gasteiger partial charge is 0.366 e. The maximum Gasteiger partial charge on any atom is 0.239 e. The fraction of sp³-hybridized carbons (Fsp3) is 0.333. The molecule has 2 aromatic rings. The van der Waals surface area contributed by atoms with Crippen molar-refractivity contribution in [2.45, 2.75) is 25.3 Å². The van der Waals surface area contributed by atoms with Gasteiger partial charge in [0.05, 0.1) is 16.1 Å². The zero-order valence-electron chi connectivity index (χ0n) is 9.61. The number of aryl methyl sites for hydroxylation is 1. The van der Waals surface area contributed by atoms with Crippen LogP contribution in [0.1, 0.15) is 30.3 Å². The van der Waals surface area contributed by atoms with Crippen LogP contribution in [0.3, 0.4) is 0 Å². The Kier molecular flexibility index (Phi) is 2.92. The summed E-state index contributed by atoms with van der Waals surface area (Å²) in [7, 11) is 0. The number of aromatic nitrogens is 3. The number of hydrogen-bond acceptors (Lipinski definition) is 3. The number of halogens is 2. The highest BCUT2D eigenvalue weighted by atomic mass is 35.5. The molecule has 0 radical (unpaired) electrons. The Bertz CT molecular complexity index is 594. The molecule has 0 spiro atoms. The molecule has 1 aliphatic rings. The molecule has 18 heavy (non-hydrogen) atoms. The lowest BCUT2D eigenvalue weighted by atomic mass is 9.98. The fourth-order valence-electron chi connectivity index (χ4n) is 2.43. The third-order valence-corrected chi connectivity index (χ3v) is 4.07. The van der Waals surface area contributed by atoms with Crippen molar-refractivity contribution in [2.75, 3.05) is 5.73 Å². The molecule has 0 amide bonds. The van der Waals surface area contributed by atoms with E-state index < -0.39 is 0 Å². The SMILES string of the molecule is Nc1nc2n(n1)C(c1cccc(Cl)c1Cl)CCC2. The van der Waals surface area contributed by atoms with Gasteiger partial charge in [-0.2, -0.15) is 4.98 Å². The van der Waals surface area contributed by atoms with Crippen LogP contribution in [0.4, 0.5) is 5.95 Å².